The Balaban J connectivity index is 1.80. The van der Waals surface area contributed by atoms with Crippen molar-refractivity contribution in [1.29, 1.82) is 0 Å². The molecule has 0 spiro atoms. The Morgan fingerprint density at radius 3 is 2.64 bits per heavy atom. The zero-order valence-corrected chi connectivity index (χ0v) is 17.8. The Kier molecular flexibility index (Phi) is 7.65. The van der Waals surface area contributed by atoms with Gasteiger partial charge >= 0.3 is 12.0 Å². The Morgan fingerprint density at radius 2 is 1.93 bits per heavy atom. The van der Waals surface area contributed by atoms with Gasteiger partial charge in [-0.25, -0.2) is 9.59 Å². The second kappa shape index (κ2) is 10.2. The number of para-hydroxylation sites is 1. The average Bonchev–Trinajstić information content (AvgIpc) is 3.18. The van der Waals surface area contributed by atoms with Crippen molar-refractivity contribution in [3.63, 3.8) is 0 Å². The molecule has 2 aliphatic rings. The van der Waals surface area contributed by atoms with Gasteiger partial charge in [0.1, 0.15) is 6.04 Å². The predicted octanol–water partition coefficient (Wildman–Crippen LogP) is 5.06. The monoisotopic (exact) mass is 404 g/mol. The van der Waals surface area contributed by atoms with Crippen molar-refractivity contribution in [2.75, 3.05) is 17.7 Å². The lowest BCUT2D eigenvalue weighted by Crippen LogP contribution is -2.50. The quantitative estimate of drug-likeness (QED) is 0.674. The molecular formula is C22H32N2O3S. The lowest BCUT2D eigenvalue weighted by Gasteiger charge is -2.35. The van der Waals surface area contributed by atoms with E-state index in [2.05, 4.69) is 12.2 Å². The van der Waals surface area contributed by atoms with Crippen molar-refractivity contribution in [3.8, 4) is 0 Å². The van der Waals surface area contributed by atoms with Crippen LogP contribution in [0, 0.1) is 5.92 Å². The van der Waals surface area contributed by atoms with Gasteiger partial charge in [0.15, 0.2) is 0 Å². The van der Waals surface area contributed by atoms with Crippen molar-refractivity contribution in [2.45, 2.75) is 70.2 Å². The maximum Gasteiger partial charge on any atom is 0.329 e. The van der Waals surface area contributed by atoms with E-state index in [1.165, 1.54) is 19.3 Å². The summed E-state index contributed by atoms with van der Waals surface area (Å²) in [5.74, 6) is 0.800. The largest absolute Gasteiger partial charge is 0.464 e. The lowest BCUT2D eigenvalue weighted by molar-refractivity contribution is -0.148. The van der Waals surface area contributed by atoms with Gasteiger partial charge in [0.25, 0.3) is 0 Å². The van der Waals surface area contributed by atoms with E-state index in [0.717, 1.165) is 36.9 Å². The van der Waals surface area contributed by atoms with Crippen LogP contribution in [0.4, 0.5) is 10.5 Å². The van der Waals surface area contributed by atoms with Crippen molar-refractivity contribution >= 4 is 29.4 Å². The highest BCUT2D eigenvalue weighted by atomic mass is 32.2. The molecule has 1 aliphatic carbocycles. The number of benzene rings is 1. The number of esters is 1. The SMILES string of the molecule is CCCOC(=O)[C@@H]1CS[C@H](C2CCCCC2)N1C(=O)Nc1ccccc1CC. The molecule has 1 saturated heterocycles. The van der Waals surface area contributed by atoms with Gasteiger partial charge in [-0.3, -0.25) is 4.90 Å². The number of aryl methyl sites for hydroxylation is 1. The van der Waals surface area contributed by atoms with E-state index >= 15 is 0 Å². The third-order valence-corrected chi connectivity index (χ3v) is 7.14. The third kappa shape index (κ3) is 4.83. The van der Waals surface area contributed by atoms with E-state index in [1.807, 2.05) is 31.2 Å². The number of anilines is 1. The van der Waals surface area contributed by atoms with E-state index in [4.69, 9.17) is 4.74 Å². The molecular weight excluding hydrogens is 372 g/mol. The normalized spacial score (nSPS) is 22.9. The molecule has 5 nitrogen and oxygen atoms in total. The summed E-state index contributed by atoms with van der Waals surface area (Å²) in [5, 5.41) is 3.13. The van der Waals surface area contributed by atoms with Crippen LogP contribution in [0.25, 0.3) is 0 Å². The second-order valence-corrected chi connectivity index (χ2v) is 8.80. The molecule has 0 bridgehead atoms. The minimum Gasteiger partial charge on any atom is -0.464 e. The van der Waals surface area contributed by atoms with Crippen LogP contribution in [0.2, 0.25) is 0 Å². The van der Waals surface area contributed by atoms with Crippen LogP contribution in [-0.4, -0.2) is 40.7 Å². The van der Waals surface area contributed by atoms with E-state index in [9.17, 15) is 9.59 Å². The summed E-state index contributed by atoms with van der Waals surface area (Å²) in [4.78, 5) is 27.8. The summed E-state index contributed by atoms with van der Waals surface area (Å²) < 4.78 is 5.41. The fraction of sp³-hybridized carbons (Fsp3) is 0.636. The van der Waals surface area contributed by atoms with Gasteiger partial charge in [0, 0.05) is 11.4 Å². The molecule has 1 aromatic carbocycles. The van der Waals surface area contributed by atoms with E-state index in [-0.39, 0.29) is 17.4 Å². The van der Waals surface area contributed by atoms with Gasteiger partial charge in [-0.1, -0.05) is 51.3 Å². The van der Waals surface area contributed by atoms with Crippen molar-refractivity contribution in [3.05, 3.63) is 29.8 Å². The molecule has 28 heavy (non-hydrogen) atoms. The average molecular weight is 405 g/mol. The van der Waals surface area contributed by atoms with Gasteiger partial charge in [0.2, 0.25) is 0 Å². The minimum atomic E-state index is -0.503. The van der Waals surface area contributed by atoms with Crippen LogP contribution in [0.15, 0.2) is 24.3 Å². The van der Waals surface area contributed by atoms with Crippen molar-refractivity contribution in [2.24, 2.45) is 5.92 Å². The van der Waals surface area contributed by atoms with Crippen LogP contribution >= 0.6 is 11.8 Å². The molecule has 0 radical (unpaired) electrons. The highest BCUT2D eigenvalue weighted by molar-refractivity contribution is 8.00. The fourth-order valence-corrected chi connectivity index (χ4v) is 5.80. The van der Waals surface area contributed by atoms with Gasteiger partial charge in [-0.15, -0.1) is 11.8 Å². The maximum atomic E-state index is 13.3. The highest BCUT2D eigenvalue weighted by Gasteiger charge is 2.45. The second-order valence-electron chi connectivity index (χ2n) is 7.65. The van der Waals surface area contributed by atoms with Gasteiger partial charge < -0.3 is 10.1 Å². The standard InChI is InChI=1S/C22H32N2O3S/c1-3-14-27-21(25)19-15-28-20(17-11-6-5-7-12-17)24(19)22(26)23-18-13-9-8-10-16(18)4-2/h8-10,13,17,19-20H,3-7,11-12,14-15H2,1-2H3,(H,23,26)/t19-,20+/m0/s1. The first-order valence-corrected chi connectivity index (χ1v) is 11.7. The molecule has 2 fully saturated rings. The Hall–Kier alpha value is -1.69. The van der Waals surface area contributed by atoms with Gasteiger partial charge in [-0.2, -0.15) is 0 Å². The van der Waals surface area contributed by atoms with Crippen LogP contribution in [0.1, 0.15) is 57.9 Å². The third-order valence-electron chi connectivity index (χ3n) is 5.68. The van der Waals surface area contributed by atoms with E-state index < -0.39 is 6.04 Å². The number of hydrogen-bond donors (Lipinski definition) is 1. The molecule has 3 rings (SSSR count). The number of urea groups is 1. The number of nitrogens with zero attached hydrogens (tertiary/aromatic N) is 1. The summed E-state index contributed by atoms with van der Waals surface area (Å²) in [7, 11) is 0. The maximum absolute atomic E-state index is 13.3. The van der Waals surface area contributed by atoms with E-state index in [0.29, 0.717) is 18.3 Å². The molecule has 1 aromatic rings. The van der Waals surface area contributed by atoms with Crippen LogP contribution in [0.3, 0.4) is 0 Å². The van der Waals surface area contributed by atoms with Crippen LogP contribution in [-0.2, 0) is 16.0 Å². The Labute approximate surface area is 172 Å². The summed E-state index contributed by atoms with van der Waals surface area (Å²) in [6.07, 6.45) is 7.58. The van der Waals surface area contributed by atoms with Crippen LogP contribution < -0.4 is 5.32 Å². The molecule has 0 aromatic heterocycles. The molecule has 6 heteroatoms. The number of hydrogen-bond acceptors (Lipinski definition) is 4. The van der Waals surface area contributed by atoms with Crippen molar-refractivity contribution < 1.29 is 14.3 Å². The molecule has 154 valence electrons. The molecule has 1 saturated carbocycles. The number of nitrogens with one attached hydrogen (secondary N) is 1. The first-order chi connectivity index (χ1) is 13.7. The smallest absolute Gasteiger partial charge is 0.329 e. The molecule has 0 unspecified atom stereocenters. The summed E-state index contributed by atoms with van der Waals surface area (Å²) in [5.41, 5.74) is 1.93. The van der Waals surface area contributed by atoms with Gasteiger partial charge in [0.05, 0.1) is 12.0 Å². The summed E-state index contributed by atoms with van der Waals surface area (Å²) in [6, 6.07) is 7.19. The molecule has 2 atom stereocenters. The number of ether oxygens (including phenoxy) is 1. The molecule has 2 amide bonds. The van der Waals surface area contributed by atoms with E-state index in [1.54, 1.807) is 16.7 Å². The Morgan fingerprint density at radius 1 is 1.18 bits per heavy atom. The Bertz CT molecular complexity index is 676. The molecule has 1 N–H and O–H groups in total. The fourth-order valence-electron chi connectivity index (χ4n) is 4.18. The topological polar surface area (TPSA) is 58.6 Å². The summed E-state index contributed by atoms with van der Waals surface area (Å²) in [6.45, 7) is 4.46. The van der Waals surface area contributed by atoms with Gasteiger partial charge in [-0.05, 0) is 43.2 Å². The number of rotatable bonds is 6. The highest BCUT2D eigenvalue weighted by Crippen LogP contribution is 2.41. The number of carbonyl (C=O) groups excluding carboxylic acids is 2. The molecule has 1 heterocycles. The number of carbonyl (C=O) groups is 2. The first-order valence-electron chi connectivity index (χ1n) is 10.6. The zero-order chi connectivity index (χ0) is 19.9. The summed E-state index contributed by atoms with van der Waals surface area (Å²) >= 11 is 1.74. The van der Waals surface area contributed by atoms with Crippen molar-refractivity contribution in [1.82, 2.24) is 4.90 Å². The number of thioether (sulfide) groups is 1. The molecule has 1 aliphatic heterocycles. The lowest BCUT2D eigenvalue weighted by atomic mass is 9.88. The van der Waals surface area contributed by atoms with Crippen LogP contribution in [0.5, 0.6) is 0 Å². The first kappa shape index (κ1) is 21.0. The predicted molar refractivity (Wildman–Crippen MR) is 115 cm³/mol. The minimum absolute atomic E-state index is 0.0493. The number of amides is 2. The zero-order valence-electron chi connectivity index (χ0n) is 17.0.